The van der Waals surface area contributed by atoms with Crippen LogP contribution in [0.25, 0.3) is 0 Å². The van der Waals surface area contributed by atoms with Crippen molar-refractivity contribution >= 4 is 11.6 Å². The first-order valence-corrected chi connectivity index (χ1v) is 15.6. The number of halogens is 1. The van der Waals surface area contributed by atoms with Crippen LogP contribution in [0.15, 0.2) is 0 Å². The number of rotatable bonds is 29. The average molecular weight is 473 g/mol. The molecule has 0 aromatic heterocycles. The molecule has 0 aromatic carbocycles. The standard InChI is InChI=1S/C30H61ClO/c31-29-27-25-23-21-19-17-15-13-11-9-7-5-3-1-2-4-6-8-10-12-14-16-18-20-22-24-26-28-30-32/h32H,1-30H2. The fourth-order valence-corrected chi connectivity index (χ4v) is 4.99. The van der Waals surface area contributed by atoms with E-state index in [1.165, 1.54) is 173 Å². The zero-order valence-electron chi connectivity index (χ0n) is 22.0. The molecule has 0 rings (SSSR count). The van der Waals surface area contributed by atoms with E-state index in [1.807, 2.05) is 0 Å². The quantitative estimate of drug-likeness (QED) is 0.0846. The Morgan fingerprint density at radius 1 is 0.250 bits per heavy atom. The molecule has 0 saturated heterocycles. The first-order valence-electron chi connectivity index (χ1n) is 15.1. The Labute approximate surface area is 208 Å². The molecule has 0 atom stereocenters. The highest BCUT2D eigenvalue weighted by Crippen LogP contribution is 2.16. The van der Waals surface area contributed by atoms with Gasteiger partial charge in [-0.3, -0.25) is 0 Å². The predicted octanol–water partition coefficient (Wildman–Crippen LogP) is 11.1. The van der Waals surface area contributed by atoms with E-state index in [1.54, 1.807) is 0 Å². The maximum atomic E-state index is 8.76. The number of aliphatic hydroxyl groups excluding tert-OH is 1. The molecule has 1 N–H and O–H groups in total. The molecule has 2 heteroatoms. The lowest BCUT2D eigenvalue weighted by atomic mass is 10.0. The summed E-state index contributed by atoms with van der Waals surface area (Å²) in [5.41, 5.74) is 0. The smallest absolute Gasteiger partial charge is 0.0431 e. The van der Waals surface area contributed by atoms with Gasteiger partial charge in [-0.2, -0.15) is 0 Å². The van der Waals surface area contributed by atoms with E-state index >= 15 is 0 Å². The molecule has 0 aliphatic rings. The van der Waals surface area contributed by atoms with Crippen LogP contribution in [0.4, 0.5) is 0 Å². The van der Waals surface area contributed by atoms with Crippen LogP contribution in [0.5, 0.6) is 0 Å². The third-order valence-corrected chi connectivity index (χ3v) is 7.31. The lowest BCUT2D eigenvalue weighted by molar-refractivity contribution is 0.282. The second kappa shape index (κ2) is 31.2. The first-order chi connectivity index (χ1) is 15.9. The summed E-state index contributed by atoms with van der Waals surface area (Å²) in [5, 5.41) is 8.76. The van der Waals surface area contributed by atoms with E-state index in [4.69, 9.17) is 16.7 Å². The van der Waals surface area contributed by atoms with Crippen LogP contribution in [0.3, 0.4) is 0 Å². The molecule has 0 fully saturated rings. The van der Waals surface area contributed by atoms with Crippen molar-refractivity contribution in [3.05, 3.63) is 0 Å². The van der Waals surface area contributed by atoms with Crippen LogP contribution < -0.4 is 0 Å². The molecule has 0 aromatic rings. The highest BCUT2D eigenvalue weighted by molar-refractivity contribution is 6.17. The summed E-state index contributed by atoms with van der Waals surface area (Å²) < 4.78 is 0. The van der Waals surface area contributed by atoms with Crippen molar-refractivity contribution in [2.75, 3.05) is 12.5 Å². The Kier molecular flexibility index (Phi) is 31.5. The number of hydrogen-bond donors (Lipinski definition) is 1. The van der Waals surface area contributed by atoms with E-state index in [0.29, 0.717) is 6.61 Å². The fourth-order valence-electron chi connectivity index (χ4n) is 4.80. The zero-order valence-corrected chi connectivity index (χ0v) is 22.8. The fraction of sp³-hybridized carbons (Fsp3) is 1.00. The Hall–Kier alpha value is 0.250. The highest BCUT2D eigenvalue weighted by atomic mass is 35.5. The maximum Gasteiger partial charge on any atom is 0.0431 e. The van der Waals surface area contributed by atoms with Gasteiger partial charge in [0.25, 0.3) is 0 Å². The van der Waals surface area contributed by atoms with Crippen molar-refractivity contribution in [1.29, 1.82) is 0 Å². The van der Waals surface area contributed by atoms with Crippen molar-refractivity contribution in [3.8, 4) is 0 Å². The van der Waals surface area contributed by atoms with Crippen LogP contribution in [0, 0.1) is 0 Å². The second-order valence-electron chi connectivity index (χ2n) is 10.3. The van der Waals surface area contributed by atoms with Gasteiger partial charge in [-0.05, 0) is 12.8 Å². The molecule has 0 aliphatic carbocycles. The molecular weight excluding hydrogens is 412 g/mol. The lowest BCUT2D eigenvalue weighted by Gasteiger charge is -2.04. The predicted molar refractivity (Wildman–Crippen MR) is 147 cm³/mol. The maximum absolute atomic E-state index is 8.76. The summed E-state index contributed by atoms with van der Waals surface area (Å²) in [4.78, 5) is 0. The number of aliphatic hydroxyl groups is 1. The Balaban J connectivity index is 2.98. The molecule has 0 unspecified atom stereocenters. The zero-order chi connectivity index (χ0) is 23.2. The topological polar surface area (TPSA) is 20.2 Å². The molecule has 32 heavy (non-hydrogen) atoms. The summed E-state index contributed by atoms with van der Waals surface area (Å²) in [7, 11) is 0. The van der Waals surface area contributed by atoms with Crippen LogP contribution in [-0.4, -0.2) is 17.6 Å². The van der Waals surface area contributed by atoms with Gasteiger partial charge < -0.3 is 5.11 Å². The Bertz CT molecular complexity index is 277. The summed E-state index contributed by atoms with van der Waals surface area (Å²) in [5.74, 6) is 0.843. The molecule has 0 radical (unpaired) electrons. The van der Waals surface area contributed by atoms with E-state index in [-0.39, 0.29) is 0 Å². The van der Waals surface area contributed by atoms with Crippen LogP contribution in [-0.2, 0) is 0 Å². The summed E-state index contributed by atoms with van der Waals surface area (Å²) >= 11 is 5.71. The number of unbranched alkanes of at least 4 members (excludes halogenated alkanes) is 27. The van der Waals surface area contributed by atoms with Gasteiger partial charge in [0.2, 0.25) is 0 Å². The molecular formula is C30H61ClO. The molecule has 1 nitrogen and oxygen atoms in total. The first kappa shape index (κ1) is 32.2. The van der Waals surface area contributed by atoms with Crippen molar-refractivity contribution < 1.29 is 5.11 Å². The molecule has 0 aliphatic heterocycles. The summed E-state index contributed by atoms with van der Waals surface area (Å²) in [6.07, 6.45) is 39.4. The Morgan fingerprint density at radius 2 is 0.406 bits per heavy atom. The van der Waals surface area contributed by atoms with E-state index in [0.717, 1.165) is 12.3 Å². The minimum Gasteiger partial charge on any atom is -0.396 e. The second-order valence-corrected chi connectivity index (χ2v) is 10.7. The Morgan fingerprint density at radius 3 is 0.562 bits per heavy atom. The van der Waals surface area contributed by atoms with E-state index in [9.17, 15) is 0 Å². The van der Waals surface area contributed by atoms with Crippen molar-refractivity contribution in [1.82, 2.24) is 0 Å². The van der Waals surface area contributed by atoms with Gasteiger partial charge in [0.1, 0.15) is 0 Å². The molecule has 0 spiro atoms. The molecule has 194 valence electrons. The van der Waals surface area contributed by atoms with Crippen LogP contribution in [0.2, 0.25) is 0 Å². The van der Waals surface area contributed by atoms with Crippen LogP contribution in [0.1, 0.15) is 180 Å². The van der Waals surface area contributed by atoms with Gasteiger partial charge in [-0.1, -0.05) is 167 Å². The SMILES string of the molecule is OCCCCCCCCCCCCCCCCCCCCCCCCCCCCCCCl. The third kappa shape index (κ3) is 30.2. The van der Waals surface area contributed by atoms with Gasteiger partial charge in [-0.15, -0.1) is 11.6 Å². The van der Waals surface area contributed by atoms with Gasteiger partial charge in [-0.25, -0.2) is 0 Å². The van der Waals surface area contributed by atoms with Gasteiger partial charge >= 0.3 is 0 Å². The minimum atomic E-state index is 0.372. The molecule has 0 saturated carbocycles. The number of hydrogen-bond acceptors (Lipinski definition) is 1. The van der Waals surface area contributed by atoms with Crippen LogP contribution >= 0.6 is 11.6 Å². The molecule has 0 amide bonds. The van der Waals surface area contributed by atoms with Crippen molar-refractivity contribution in [2.45, 2.75) is 180 Å². The molecule has 0 heterocycles. The summed E-state index contributed by atoms with van der Waals surface area (Å²) in [6.45, 7) is 0.372. The van der Waals surface area contributed by atoms with Crippen molar-refractivity contribution in [2.24, 2.45) is 0 Å². The number of alkyl halides is 1. The third-order valence-electron chi connectivity index (χ3n) is 7.04. The van der Waals surface area contributed by atoms with E-state index in [2.05, 4.69) is 0 Å². The van der Waals surface area contributed by atoms with Crippen molar-refractivity contribution in [3.63, 3.8) is 0 Å². The van der Waals surface area contributed by atoms with Gasteiger partial charge in [0.15, 0.2) is 0 Å². The highest BCUT2D eigenvalue weighted by Gasteiger charge is 1.96. The molecule has 0 bridgehead atoms. The monoisotopic (exact) mass is 472 g/mol. The van der Waals surface area contributed by atoms with E-state index < -0.39 is 0 Å². The summed E-state index contributed by atoms with van der Waals surface area (Å²) in [6, 6.07) is 0. The largest absolute Gasteiger partial charge is 0.396 e. The average Bonchev–Trinajstić information content (AvgIpc) is 2.81. The normalized spacial score (nSPS) is 11.4. The van der Waals surface area contributed by atoms with Gasteiger partial charge in [0.05, 0.1) is 0 Å². The van der Waals surface area contributed by atoms with Gasteiger partial charge in [0, 0.05) is 12.5 Å². The lowest BCUT2D eigenvalue weighted by Crippen LogP contribution is -1.85. The minimum absolute atomic E-state index is 0.372.